The van der Waals surface area contributed by atoms with Crippen LogP contribution in [0.2, 0.25) is 0 Å². The first-order chi connectivity index (χ1) is 10.4. The number of nitrogens with one attached hydrogen (secondary N) is 1. The smallest absolute Gasteiger partial charge is 0.0807 e. The summed E-state index contributed by atoms with van der Waals surface area (Å²) in [6.45, 7) is 3.14. The molecule has 0 amide bonds. The second kappa shape index (κ2) is 9.50. The Morgan fingerprint density at radius 3 is 1.76 bits per heavy atom. The molecule has 2 rings (SSSR count). The second-order valence-electron chi connectivity index (χ2n) is 4.33. The van der Waals surface area contributed by atoms with Crippen molar-refractivity contribution in [2.75, 3.05) is 26.2 Å². The molecule has 0 radical (unpaired) electrons. The predicted octanol–water partition coefficient (Wildman–Crippen LogP) is 1.60. The lowest BCUT2D eigenvalue weighted by molar-refractivity contribution is 0.699. The zero-order valence-electron chi connectivity index (χ0n) is 11.9. The van der Waals surface area contributed by atoms with Gasteiger partial charge < -0.3 is 5.32 Å². The minimum Gasteiger partial charge on any atom is -0.313 e. The Morgan fingerprint density at radius 2 is 1.33 bits per heavy atom. The summed E-state index contributed by atoms with van der Waals surface area (Å²) in [5, 5.41) is 3.29. The van der Waals surface area contributed by atoms with Gasteiger partial charge in [0.25, 0.3) is 0 Å². The van der Waals surface area contributed by atoms with Gasteiger partial charge in [-0.25, -0.2) is 0 Å². The molecule has 0 aliphatic heterocycles. The van der Waals surface area contributed by atoms with Crippen molar-refractivity contribution >= 4 is 12.4 Å². The number of hydrogen-bond acceptors (Lipinski definition) is 5. The lowest BCUT2D eigenvalue weighted by Gasteiger charge is -1.99. The molecule has 0 saturated carbocycles. The summed E-state index contributed by atoms with van der Waals surface area (Å²) in [6, 6.07) is 11.6. The van der Waals surface area contributed by atoms with E-state index in [2.05, 4.69) is 25.3 Å². The molecule has 0 atom stereocenters. The third-order valence-electron chi connectivity index (χ3n) is 2.66. The number of rotatable bonds is 8. The van der Waals surface area contributed by atoms with Crippen molar-refractivity contribution in [1.29, 1.82) is 0 Å². The number of nitrogens with zero attached hydrogens (tertiary/aromatic N) is 4. The number of aliphatic imine (C=N–C) groups is 2. The van der Waals surface area contributed by atoms with E-state index in [9.17, 15) is 0 Å². The molecule has 5 nitrogen and oxygen atoms in total. The zero-order chi connectivity index (χ0) is 14.6. The first-order valence-corrected chi connectivity index (χ1v) is 6.97. The normalized spacial score (nSPS) is 11.4. The predicted molar refractivity (Wildman–Crippen MR) is 86.3 cm³/mol. The fraction of sp³-hybridized carbons (Fsp3) is 0.250. The van der Waals surface area contributed by atoms with Gasteiger partial charge in [0.15, 0.2) is 0 Å². The summed E-state index contributed by atoms with van der Waals surface area (Å²) < 4.78 is 0. The van der Waals surface area contributed by atoms with Crippen molar-refractivity contribution < 1.29 is 0 Å². The number of aromatic nitrogens is 2. The average molecular weight is 281 g/mol. The van der Waals surface area contributed by atoms with Crippen molar-refractivity contribution in [3.63, 3.8) is 0 Å². The lowest BCUT2D eigenvalue weighted by atomic mass is 10.4. The fourth-order valence-electron chi connectivity index (χ4n) is 1.63. The molecule has 0 bridgehead atoms. The van der Waals surface area contributed by atoms with Crippen LogP contribution in [0.15, 0.2) is 58.8 Å². The maximum Gasteiger partial charge on any atom is 0.0807 e. The molecule has 0 spiro atoms. The van der Waals surface area contributed by atoms with E-state index in [4.69, 9.17) is 0 Å². The van der Waals surface area contributed by atoms with Crippen molar-refractivity contribution in [2.24, 2.45) is 9.98 Å². The molecule has 0 saturated heterocycles. The largest absolute Gasteiger partial charge is 0.313 e. The van der Waals surface area contributed by atoms with Gasteiger partial charge >= 0.3 is 0 Å². The van der Waals surface area contributed by atoms with Gasteiger partial charge in [-0.15, -0.1) is 0 Å². The molecule has 0 fully saturated rings. The average Bonchev–Trinajstić information content (AvgIpc) is 2.55. The zero-order valence-corrected chi connectivity index (χ0v) is 11.9. The highest BCUT2D eigenvalue weighted by Crippen LogP contribution is 1.89. The molecule has 21 heavy (non-hydrogen) atoms. The van der Waals surface area contributed by atoms with Crippen LogP contribution in [0.25, 0.3) is 0 Å². The highest BCUT2D eigenvalue weighted by atomic mass is 14.9. The minimum absolute atomic E-state index is 0.737. The molecule has 2 aromatic rings. The van der Waals surface area contributed by atoms with Gasteiger partial charge in [0.1, 0.15) is 0 Å². The van der Waals surface area contributed by atoms with Gasteiger partial charge in [-0.3, -0.25) is 20.0 Å². The Labute approximate surface area is 124 Å². The van der Waals surface area contributed by atoms with Gasteiger partial charge in [0, 0.05) is 37.9 Å². The minimum atomic E-state index is 0.737. The fourth-order valence-corrected chi connectivity index (χ4v) is 1.63. The molecule has 2 aromatic heterocycles. The SMILES string of the molecule is C(=NCCNCCN=Cc1ccccn1)c1ccccn1. The van der Waals surface area contributed by atoms with E-state index in [0.29, 0.717) is 0 Å². The van der Waals surface area contributed by atoms with Crippen molar-refractivity contribution in [3.8, 4) is 0 Å². The molecule has 5 heteroatoms. The Balaban J connectivity index is 1.52. The van der Waals surface area contributed by atoms with Crippen LogP contribution in [0.1, 0.15) is 11.4 Å². The summed E-state index contributed by atoms with van der Waals surface area (Å²) >= 11 is 0. The maximum absolute atomic E-state index is 4.31. The second-order valence-corrected chi connectivity index (χ2v) is 4.33. The van der Waals surface area contributed by atoms with E-state index >= 15 is 0 Å². The number of pyridine rings is 2. The molecular formula is C16H19N5. The van der Waals surface area contributed by atoms with Crippen LogP contribution in [0.5, 0.6) is 0 Å². The Kier molecular flexibility index (Phi) is 6.78. The first-order valence-electron chi connectivity index (χ1n) is 6.97. The summed E-state index contributed by atoms with van der Waals surface area (Å²) in [4.78, 5) is 17.0. The van der Waals surface area contributed by atoms with Gasteiger partial charge in [-0.1, -0.05) is 12.1 Å². The lowest BCUT2D eigenvalue weighted by Crippen LogP contribution is -2.20. The molecule has 0 aliphatic carbocycles. The summed E-state index contributed by atoms with van der Waals surface area (Å²) in [5.41, 5.74) is 1.77. The van der Waals surface area contributed by atoms with E-state index in [-0.39, 0.29) is 0 Å². The summed E-state index contributed by atoms with van der Waals surface area (Å²) in [5.74, 6) is 0. The Hall–Kier alpha value is -2.40. The monoisotopic (exact) mass is 281 g/mol. The van der Waals surface area contributed by atoms with Crippen LogP contribution in [0, 0.1) is 0 Å². The molecular weight excluding hydrogens is 262 g/mol. The van der Waals surface area contributed by atoms with Crippen LogP contribution in [0.3, 0.4) is 0 Å². The van der Waals surface area contributed by atoms with Crippen molar-refractivity contribution in [2.45, 2.75) is 0 Å². The quantitative estimate of drug-likeness (QED) is 0.590. The maximum atomic E-state index is 4.31. The summed E-state index contributed by atoms with van der Waals surface area (Å²) in [7, 11) is 0. The van der Waals surface area contributed by atoms with Gasteiger partial charge in [0.2, 0.25) is 0 Å². The van der Waals surface area contributed by atoms with Crippen molar-refractivity contribution in [1.82, 2.24) is 15.3 Å². The van der Waals surface area contributed by atoms with Crippen LogP contribution in [-0.4, -0.2) is 48.6 Å². The molecule has 0 aromatic carbocycles. The Bertz CT molecular complexity index is 500. The van der Waals surface area contributed by atoms with Gasteiger partial charge in [-0.2, -0.15) is 0 Å². The first kappa shape index (κ1) is 15.0. The molecule has 108 valence electrons. The molecule has 0 aliphatic rings. The standard InChI is InChI=1S/C16H19N5/c1-3-7-20-15(5-1)13-18-11-9-17-10-12-19-14-16-6-2-4-8-21-16/h1-8,13-14,17H,9-12H2. The van der Waals surface area contributed by atoms with Gasteiger partial charge in [-0.05, 0) is 24.3 Å². The topological polar surface area (TPSA) is 62.5 Å². The van der Waals surface area contributed by atoms with E-state index in [0.717, 1.165) is 37.6 Å². The number of hydrogen-bond donors (Lipinski definition) is 1. The van der Waals surface area contributed by atoms with E-state index in [1.165, 1.54) is 0 Å². The van der Waals surface area contributed by atoms with E-state index in [1.807, 2.05) is 36.4 Å². The third kappa shape index (κ3) is 6.54. The van der Waals surface area contributed by atoms with E-state index in [1.54, 1.807) is 24.8 Å². The molecule has 0 unspecified atom stereocenters. The van der Waals surface area contributed by atoms with E-state index < -0.39 is 0 Å². The van der Waals surface area contributed by atoms with Gasteiger partial charge in [0.05, 0.1) is 24.5 Å². The molecule has 1 N–H and O–H groups in total. The molecule has 2 heterocycles. The van der Waals surface area contributed by atoms with Crippen molar-refractivity contribution in [3.05, 3.63) is 60.2 Å². The summed E-state index contributed by atoms with van der Waals surface area (Å²) in [6.07, 6.45) is 7.11. The van der Waals surface area contributed by atoms with Crippen LogP contribution < -0.4 is 5.32 Å². The highest BCUT2D eigenvalue weighted by Gasteiger charge is 1.88. The Morgan fingerprint density at radius 1 is 0.810 bits per heavy atom. The highest BCUT2D eigenvalue weighted by molar-refractivity contribution is 5.77. The van der Waals surface area contributed by atoms with Crippen LogP contribution in [0.4, 0.5) is 0 Å². The van der Waals surface area contributed by atoms with Crippen LogP contribution in [-0.2, 0) is 0 Å². The van der Waals surface area contributed by atoms with Crippen LogP contribution >= 0.6 is 0 Å². The third-order valence-corrected chi connectivity index (χ3v) is 2.66.